The standard InChI is InChI=1S/C13H18N2O3/c16-12-6-7-14-8-11(12)15-13(17)18-9-10-4-2-1-3-5-10/h1-5,11-12,14,16H,6-9H2,(H,15,17). The second-order valence-electron chi connectivity index (χ2n) is 4.37. The van der Waals surface area contributed by atoms with Crippen molar-refractivity contribution in [1.82, 2.24) is 10.6 Å². The Balaban J connectivity index is 1.75. The van der Waals surface area contributed by atoms with E-state index in [0.29, 0.717) is 13.0 Å². The fraction of sp³-hybridized carbons (Fsp3) is 0.462. The third-order valence-electron chi connectivity index (χ3n) is 2.96. The zero-order valence-corrected chi connectivity index (χ0v) is 10.1. The Morgan fingerprint density at radius 1 is 1.44 bits per heavy atom. The Morgan fingerprint density at radius 2 is 2.22 bits per heavy atom. The molecule has 3 N–H and O–H groups in total. The molecule has 2 unspecified atom stereocenters. The molecular formula is C13H18N2O3. The summed E-state index contributed by atoms with van der Waals surface area (Å²) in [6.45, 7) is 1.59. The highest BCUT2D eigenvalue weighted by molar-refractivity contribution is 5.67. The number of piperidine rings is 1. The first-order chi connectivity index (χ1) is 8.75. The van der Waals surface area contributed by atoms with E-state index < -0.39 is 12.2 Å². The Hall–Kier alpha value is -1.59. The molecule has 1 amide bonds. The van der Waals surface area contributed by atoms with E-state index in [9.17, 15) is 9.90 Å². The van der Waals surface area contributed by atoms with Crippen molar-refractivity contribution >= 4 is 6.09 Å². The number of aliphatic hydroxyl groups excluding tert-OH is 1. The summed E-state index contributed by atoms with van der Waals surface area (Å²) >= 11 is 0. The molecule has 5 nitrogen and oxygen atoms in total. The quantitative estimate of drug-likeness (QED) is 0.736. The maximum atomic E-state index is 11.6. The van der Waals surface area contributed by atoms with Gasteiger partial charge in [0.15, 0.2) is 0 Å². The minimum absolute atomic E-state index is 0.239. The topological polar surface area (TPSA) is 70.6 Å². The van der Waals surface area contributed by atoms with E-state index >= 15 is 0 Å². The average Bonchev–Trinajstić information content (AvgIpc) is 2.40. The van der Waals surface area contributed by atoms with Gasteiger partial charge in [-0.2, -0.15) is 0 Å². The SMILES string of the molecule is O=C(NC1CNCCC1O)OCc1ccccc1. The van der Waals surface area contributed by atoms with Crippen molar-refractivity contribution in [2.24, 2.45) is 0 Å². The molecule has 1 heterocycles. The molecule has 1 aromatic carbocycles. The lowest BCUT2D eigenvalue weighted by Crippen LogP contribution is -2.53. The van der Waals surface area contributed by atoms with Crippen LogP contribution in [0.15, 0.2) is 30.3 Å². The molecule has 98 valence electrons. The number of alkyl carbamates (subject to hydrolysis) is 1. The zero-order chi connectivity index (χ0) is 12.8. The Bertz CT molecular complexity index is 383. The van der Waals surface area contributed by atoms with Gasteiger partial charge in [0.1, 0.15) is 6.61 Å². The third-order valence-corrected chi connectivity index (χ3v) is 2.96. The predicted molar refractivity (Wildman–Crippen MR) is 67.0 cm³/mol. The molecule has 1 aromatic rings. The number of hydrogen-bond acceptors (Lipinski definition) is 4. The number of aliphatic hydroxyl groups is 1. The molecule has 0 aliphatic carbocycles. The fourth-order valence-electron chi connectivity index (χ4n) is 1.91. The Morgan fingerprint density at radius 3 is 2.94 bits per heavy atom. The van der Waals surface area contributed by atoms with Gasteiger partial charge in [-0.3, -0.25) is 0 Å². The van der Waals surface area contributed by atoms with Crippen molar-refractivity contribution in [1.29, 1.82) is 0 Å². The van der Waals surface area contributed by atoms with Crippen LogP contribution in [0.1, 0.15) is 12.0 Å². The van der Waals surface area contributed by atoms with E-state index in [4.69, 9.17) is 4.74 Å². The van der Waals surface area contributed by atoms with E-state index in [1.807, 2.05) is 30.3 Å². The number of hydrogen-bond donors (Lipinski definition) is 3. The predicted octanol–water partition coefficient (Wildman–Crippen LogP) is 0.636. The second kappa shape index (κ2) is 6.37. The summed E-state index contributed by atoms with van der Waals surface area (Å²) in [5.74, 6) is 0. The summed E-state index contributed by atoms with van der Waals surface area (Å²) in [5, 5.41) is 15.5. The van der Waals surface area contributed by atoms with Crippen LogP contribution in [0.5, 0.6) is 0 Å². The van der Waals surface area contributed by atoms with Crippen molar-refractivity contribution < 1.29 is 14.6 Å². The number of benzene rings is 1. The first-order valence-electron chi connectivity index (χ1n) is 6.11. The van der Waals surface area contributed by atoms with Crippen LogP contribution in [0.2, 0.25) is 0 Å². The molecule has 0 saturated carbocycles. The number of ether oxygens (including phenoxy) is 1. The summed E-state index contributed by atoms with van der Waals surface area (Å²) < 4.78 is 5.09. The number of rotatable bonds is 3. The minimum Gasteiger partial charge on any atom is -0.445 e. The Labute approximate surface area is 106 Å². The number of carbonyl (C=O) groups is 1. The third kappa shape index (κ3) is 3.72. The highest BCUT2D eigenvalue weighted by Gasteiger charge is 2.24. The monoisotopic (exact) mass is 250 g/mol. The van der Waals surface area contributed by atoms with Crippen molar-refractivity contribution in [3.8, 4) is 0 Å². The molecule has 1 fully saturated rings. The van der Waals surface area contributed by atoms with Crippen LogP contribution in [-0.2, 0) is 11.3 Å². The van der Waals surface area contributed by atoms with E-state index in [1.165, 1.54) is 0 Å². The van der Waals surface area contributed by atoms with E-state index in [0.717, 1.165) is 12.1 Å². The minimum atomic E-state index is -0.504. The number of nitrogens with one attached hydrogen (secondary N) is 2. The normalized spacial score (nSPS) is 23.4. The summed E-state index contributed by atoms with van der Waals surface area (Å²) in [6.07, 6.45) is -0.356. The summed E-state index contributed by atoms with van der Waals surface area (Å²) in [6, 6.07) is 9.21. The summed E-state index contributed by atoms with van der Waals surface area (Å²) in [5.41, 5.74) is 0.940. The largest absolute Gasteiger partial charge is 0.445 e. The molecule has 18 heavy (non-hydrogen) atoms. The maximum absolute atomic E-state index is 11.6. The van der Waals surface area contributed by atoms with E-state index in [2.05, 4.69) is 10.6 Å². The van der Waals surface area contributed by atoms with Crippen LogP contribution >= 0.6 is 0 Å². The highest BCUT2D eigenvalue weighted by atomic mass is 16.5. The lowest BCUT2D eigenvalue weighted by atomic mass is 10.0. The van der Waals surface area contributed by atoms with E-state index in [-0.39, 0.29) is 12.6 Å². The molecule has 2 rings (SSSR count). The Kier molecular flexibility index (Phi) is 4.55. The molecule has 1 aliphatic rings. The van der Waals surface area contributed by atoms with Crippen LogP contribution in [0.25, 0.3) is 0 Å². The zero-order valence-electron chi connectivity index (χ0n) is 10.1. The van der Waals surface area contributed by atoms with Crippen LogP contribution in [0, 0.1) is 0 Å². The molecule has 0 spiro atoms. The summed E-state index contributed by atoms with van der Waals surface area (Å²) in [7, 11) is 0. The van der Waals surface area contributed by atoms with Gasteiger partial charge in [-0.1, -0.05) is 30.3 Å². The molecule has 1 saturated heterocycles. The second-order valence-corrected chi connectivity index (χ2v) is 4.37. The fourth-order valence-corrected chi connectivity index (χ4v) is 1.91. The molecule has 0 bridgehead atoms. The van der Waals surface area contributed by atoms with Gasteiger partial charge in [0.05, 0.1) is 12.1 Å². The smallest absolute Gasteiger partial charge is 0.407 e. The van der Waals surface area contributed by atoms with Gasteiger partial charge in [-0.05, 0) is 18.5 Å². The lowest BCUT2D eigenvalue weighted by molar-refractivity contribution is 0.0843. The molecule has 0 aromatic heterocycles. The molecule has 5 heteroatoms. The van der Waals surface area contributed by atoms with Gasteiger partial charge in [0.25, 0.3) is 0 Å². The highest BCUT2D eigenvalue weighted by Crippen LogP contribution is 2.04. The van der Waals surface area contributed by atoms with Gasteiger partial charge in [0, 0.05) is 6.54 Å². The van der Waals surface area contributed by atoms with Crippen LogP contribution in [0.3, 0.4) is 0 Å². The maximum Gasteiger partial charge on any atom is 0.407 e. The van der Waals surface area contributed by atoms with Crippen LogP contribution < -0.4 is 10.6 Å². The summed E-state index contributed by atoms with van der Waals surface area (Å²) in [4.78, 5) is 11.6. The number of carbonyl (C=O) groups excluding carboxylic acids is 1. The molecule has 2 atom stereocenters. The van der Waals surface area contributed by atoms with Gasteiger partial charge in [0.2, 0.25) is 0 Å². The van der Waals surface area contributed by atoms with Crippen LogP contribution in [0.4, 0.5) is 4.79 Å². The first kappa shape index (κ1) is 12.9. The van der Waals surface area contributed by atoms with Crippen molar-refractivity contribution in [3.63, 3.8) is 0 Å². The van der Waals surface area contributed by atoms with Gasteiger partial charge < -0.3 is 20.5 Å². The molecule has 1 aliphatic heterocycles. The van der Waals surface area contributed by atoms with Crippen molar-refractivity contribution in [2.75, 3.05) is 13.1 Å². The molecular weight excluding hydrogens is 232 g/mol. The van der Waals surface area contributed by atoms with Crippen LogP contribution in [-0.4, -0.2) is 36.4 Å². The molecule has 0 radical (unpaired) electrons. The van der Waals surface area contributed by atoms with E-state index in [1.54, 1.807) is 0 Å². The van der Waals surface area contributed by atoms with Gasteiger partial charge >= 0.3 is 6.09 Å². The van der Waals surface area contributed by atoms with Gasteiger partial charge in [-0.25, -0.2) is 4.79 Å². The van der Waals surface area contributed by atoms with Gasteiger partial charge in [-0.15, -0.1) is 0 Å². The number of amides is 1. The average molecular weight is 250 g/mol. The lowest BCUT2D eigenvalue weighted by Gasteiger charge is -2.28. The van der Waals surface area contributed by atoms with Crippen molar-refractivity contribution in [2.45, 2.75) is 25.2 Å². The van der Waals surface area contributed by atoms with Crippen molar-refractivity contribution in [3.05, 3.63) is 35.9 Å². The first-order valence-corrected chi connectivity index (χ1v) is 6.11.